The number of nitrogens with two attached hydrogens (primary N) is 2. The fourth-order valence-corrected chi connectivity index (χ4v) is 1.34. The molecule has 1 rings (SSSR count). The first-order valence-electron chi connectivity index (χ1n) is 4.37. The number of carboxylic acids is 1. The van der Waals surface area contributed by atoms with Crippen LogP contribution in [0.2, 0.25) is 10.0 Å². The van der Waals surface area contributed by atoms with Crippen LogP contribution in [0.3, 0.4) is 0 Å². The first-order valence-corrected chi connectivity index (χ1v) is 5.13. The van der Waals surface area contributed by atoms with E-state index in [1.807, 2.05) is 5.43 Å². The number of hydrogen-bond donors (Lipinski definition) is 5. The fraction of sp³-hybridized carbons (Fsp3) is 0. The van der Waals surface area contributed by atoms with E-state index in [2.05, 4.69) is 5.32 Å². The molecule has 1 aromatic rings. The third kappa shape index (κ3) is 3.42. The number of carbonyl (C=O) groups is 1. The average Bonchev–Trinajstić information content (AvgIpc) is 2.24. The molecule has 0 aliphatic rings. The lowest BCUT2D eigenvalue weighted by atomic mass is 10.3. The molecule has 1 aromatic carbocycles. The number of aliphatic carboxylic acids is 1. The summed E-state index contributed by atoms with van der Waals surface area (Å²) in [6.45, 7) is 0. The maximum absolute atomic E-state index is 10.7. The van der Waals surface area contributed by atoms with Crippen LogP contribution < -0.4 is 22.3 Å². The first-order chi connectivity index (χ1) is 7.95. The van der Waals surface area contributed by atoms with Gasteiger partial charge in [-0.15, -0.1) is 0 Å². The van der Waals surface area contributed by atoms with Gasteiger partial charge in [0.2, 0.25) is 0 Å². The Hall–Kier alpha value is -1.63. The number of carboxylic acid groups (broad SMARTS) is 1. The van der Waals surface area contributed by atoms with E-state index in [4.69, 9.17) is 39.9 Å². The Labute approximate surface area is 107 Å². The van der Waals surface area contributed by atoms with E-state index < -0.39 is 5.97 Å². The van der Waals surface area contributed by atoms with Crippen molar-refractivity contribution in [2.75, 3.05) is 5.32 Å². The smallest absolute Gasteiger partial charge is 0.357 e. The van der Waals surface area contributed by atoms with Crippen LogP contribution in [0.1, 0.15) is 0 Å². The number of hydrazine groups is 1. The maximum atomic E-state index is 10.7. The monoisotopic (exact) mass is 276 g/mol. The third-order valence-electron chi connectivity index (χ3n) is 1.83. The van der Waals surface area contributed by atoms with E-state index in [0.29, 0.717) is 15.7 Å². The van der Waals surface area contributed by atoms with Gasteiger partial charge in [-0.25, -0.2) is 4.79 Å². The van der Waals surface area contributed by atoms with Crippen LogP contribution in [0.5, 0.6) is 0 Å². The summed E-state index contributed by atoms with van der Waals surface area (Å²) in [5.41, 5.74) is 7.64. The first kappa shape index (κ1) is 13.4. The highest BCUT2D eigenvalue weighted by atomic mass is 35.5. The van der Waals surface area contributed by atoms with Crippen molar-refractivity contribution in [2.45, 2.75) is 0 Å². The Morgan fingerprint density at radius 1 is 1.29 bits per heavy atom. The van der Waals surface area contributed by atoms with Gasteiger partial charge in [0, 0.05) is 5.69 Å². The van der Waals surface area contributed by atoms with Gasteiger partial charge in [-0.2, -0.15) is 0 Å². The van der Waals surface area contributed by atoms with Gasteiger partial charge in [-0.1, -0.05) is 23.2 Å². The molecule has 92 valence electrons. The lowest BCUT2D eigenvalue weighted by Gasteiger charge is -2.10. The van der Waals surface area contributed by atoms with E-state index in [9.17, 15) is 4.79 Å². The highest BCUT2D eigenvalue weighted by molar-refractivity contribution is 6.42. The number of nitrogens with one attached hydrogen (secondary N) is 2. The zero-order valence-corrected chi connectivity index (χ0v) is 10.0. The van der Waals surface area contributed by atoms with E-state index in [1.54, 1.807) is 12.1 Å². The SMILES string of the molecule is NN/C(C(=O)O)=C(\N)Nc1ccc(Cl)c(Cl)c1. The summed E-state index contributed by atoms with van der Waals surface area (Å²) in [5, 5.41) is 12.1. The molecule has 0 aliphatic heterocycles. The largest absolute Gasteiger partial charge is 0.476 e. The number of rotatable bonds is 4. The van der Waals surface area contributed by atoms with E-state index in [0.717, 1.165) is 0 Å². The van der Waals surface area contributed by atoms with Gasteiger partial charge in [0.1, 0.15) is 5.82 Å². The summed E-state index contributed by atoms with van der Waals surface area (Å²) in [7, 11) is 0. The minimum Gasteiger partial charge on any atom is -0.476 e. The maximum Gasteiger partial charge on any atom is 0.357 e. The van der Waals surface area contributed by atoms with Crippen LogP contribution >= 0.6 is 23.2 Å². The second-order valence-corrected chi connectivity index (χ2v) is 3.81. The van der Waals surface area contributed by atoms with Crippen LogP contribution in [0.4, 0.5) is 5.69 Å². The molecule has 0 aliphatic carbocycles. The van der Waals surface area contributed by atoms with Gasteiger partial charge < -0.3 is 21.6 Å². The molecule has 0 saturated heterocycles. The van der Waals surface area contributed by atoms with Crippen LogP contribution in [0.15, 0.2) is 29.7 Å². The summed E-state index contributed by atoms with van der Waals surface area (Å²) in [4.78, 5) is 10.7. The molecule has 17 heavy (non-hydrogen) atoms. The predicted octanol–water partition coefficient (Wildman–Crippen LogP) is 1.08. The van der Waals surface area contributed by atoms with Crippen molar-refractivity contribution >= 4 is 34.9 Å². The lowest BCUT2D eigenvalue weighted by molar-refractivity contribution is -0.133. The molecule has 7 N–H and O–H groups in total. The lowest BCUT2D eigenvalue weighted by Crippen LogP contribution is -2.32. The van der Waals surface area contributed by atoms with Crippen LogP contribution in [0.25, 0.3) is 0 Å². The Bertz CT molecular complexity index is 476. The van der Waals surface area contributed by atoms with Gasteiger partial charge in [-0.3, -0.25) is 5.84 Å². The third-order valence-corrected chi connectivity index (χ3v) is 2.57. The molecule has 8 heteroatoms. The molecule has 0 spiro atoms. The van der Waals surface area contributed by atoms with Crippen molar-refractivity contribution in [1.82, 2.24) is 5.43 Å². The van der Waals surface area contributed by atoms with Gasteiger partial charge in [0.05, 0.1) is 10.0 Å². The number of anilines is 1. The van der Waals surface area contributed by atoms with Crippen molar-refractivity contribution in [2.24, 2.45) is 11.6 Å². The molecule has 0 atom stereocenters. The van der Waals surface area contributed by atoms with Crippen molar-refractivity contribution in [3.8, 4) is 0 Å². The minimum absolute atomic E-state index is 0.140. The summed E-state index contributed by atoms with van der Waals surface area (Å²) in [6.07, 6.45) is 0. The topological polar surface area (TPSA) is 113 Å². The number of benzene rings is 1. The number of halogens is 2. The fourth-order valence-electron chi connectivity index (χ4n) is 1.05. The Balaban J connectivity index is 2.97. The Morgan fingerprint density at radius 3 is 2.41 bits per heavy atom. The molecule has 0 unspecified atom stereocenters. The second-order valence-electron chi connectivity index (χ2n) is 2.99. The normalized spacial score (nSPS) is 11.7. The van der Waals surface area contributed by atoms with E-state index in [-0.39, 0.29) is 11.5 Å². The van der Waals surface area contributed by atoms with Crippen LogP contribution in [-0.4, -0.2) is 11.1 Å². The average molecular weight is 277 g/mol. The zero-order chi connectivity index (χ0) is 13.0. The highest BCUT2D eigenvalue weighted by Gasteiger charge is 2.11. The molecule has 0 fully saturated rings. The van der Waals surface area contributed by atoms with Gasteiger partial charge in [-0.05, 0) is 18.2 Å². The number of hydrogen-bond acceptors (Lipinski definition) is 5. The summed E-state index contributed by atoms with van der Waals surface area (Å²) in [6, 6.07) is 4.65. The Kier molecular flexibility index (Phi) is 4.45. The van der Waals surface area contributed by atoms with Gasteiger partial charge in [0.25, 0.3) is 0 Å². The second kappa shape index (κ2) is 5.62. The highest BCUT2D eigenvalue weighted by Crippen LogP contribution is 2.25. The molecule has 0 radical (unpaired) electrons. The van der Waals surface area contributed by atoms with Crippen LogP contribution in [-0.2, 0) is 4.79 Å². The molecular formula is C9H10Cl2N4O2. The van der Waals surface area contributed by atoms with Crippen molar-refractivity contribution in [3.05, 3.63) is 39.8 Å². The summed E-state index contributed by atoms with van der Waals surface area (Å²) < 4.78 is 0. The van der Waals surface area contributed by atoms with E-state index >= 15 is 0 Å². The summed E-state index contributed by atoms with van der Waals surface area (Å²) >= 11 is 11.5. The van der Waals surface area contributed by atoms with Crippen molar-refractivity contribution in [1.29, 1.82) is 0 Å². The van der Waals surface area contributed by atoms with Crippen molar-refractivity contribution < 1.29 is 9.90 Å². The molecule has 0 aromatic heterocycles. The quantitative estimate of drug-likeness (QED) is 0.320. The van der Waals surface area contributed by atoms with Gasteiger partial charge in [0.15, 0.2) is 5.70 Å². The predicted molar refractivity (Wildman–Crippen MR) is 66.3 cm³/mol. The molecule has 0 saturated carbocycles. The molecule has 6 nitrogen and oxygen atoms in total. The standard InChI is InChI=1S/C9H10Cl2N4O2/c10-5-2-1-4(3-6(5)11)14-8(12)7(15-13)9(16)17/h1-3,14-15H,12-13H2,(H,16,17)/b8-7+. The Morgan fingerprint density at radius 2 is 1.94 bits per heavy atom. The zero-order valence-electron chi connectivity index (χ0n) is 8.50. The molecular weight excluding hydrogens is 267 g/mol. The molecule has 0 heterocycles. The van der Waals surface area contributed by atoms with Gasteiger partial charge >= 0.3 is 5.97 Å². The minimum atomic E-state index is -1.28. The molecule has 0 amide bonds. The van der Waals surface area contributed by atoms with E-state index in [1.165, 1.54) is 6.07 Å². The molecule has 0 bridgehead atoms. The van der Waals surface area contributed by atoms with Crippen LogP contribution in [0, 0.1) is 0 Å². The van der Waals surface area contributed by atoms with Crippen molar-refractivity contribution in [3.63, 3.8) is 0 Å². The summed E-state index contributed by atoms with van der Waals surface area (Å²) in [5.74, 6) is 3.61.